The number of hydrogen-bond donors (Lipinski definition) is 1. The monoisotopic (exact) mass is 339 g/mol. The minimum atomic E-state index is -1.28. The zero-order valence-electron chi connectivity index (χ0n) is 14.4. The second-order valence-corrected chi connectivity index (χ2v) is 7.17. The lowest BCUT2D eigenvalue weighted by Crippen LogP contribution is -2.47. The Labute approximate surface area is 140 Å². The van der Waals surface area contributed by atoms with Gasteiger partial charge in [0.1, 0.15) is 23.2 Å². The van der Waals surface area contributed by atoms with E-state index in [2.05, 4.69) is 0 Å². The van der Waals surface area contributed by atoms with E-state index in [0.29, 0.717) is 5.56 Å². The summed E-state index contributed by atoms with van der Waals surface area (Å²) < 4.78 is 24.2. The Hall–Kier alpha value is -2.15. The molecule has 0 spiro atoms. The van der Waals surface area contributed by atoms with Gasteiger partial charge >= 0.3 is 12.1 Å². The largest absolute Gasteiger partial charge is 0.479 e. The first-order valence-electron chi connectivity index (χ1n) is 7.61. The summed E-state index contributed by atoms with van der Waals surface area (Å²) in [7, 11) is 0. The molecule has 24 heavy (non-hydrogen) atoms. The van der Waals surface area contributed by atoms with Gasteiger partial charge in [-0.1, -0.05) is 12.1 Å². The number of rotatable bonds is 2. The topological polar surface area (TPSA) is 76.1 Å². The van der Waals surface area contributed by atoms with Crippen molar-refractivity contribution in [3.8, 4) is 0 Å². The predicted molar refractivity (Wildman–Crippen MR) is 83.8 cm³/mol. The quantitative estimate of drug-likeness (QED) is 0.894. The molecule has 2 atom stereocenters. The first-order chi connectivity index (χ1) is 10.9. The van der Waals surface area contributed by atoms with Crippen LogP contribution in [0.2, 0.25) is 0 Å². The smallest absolute Gasteiger partial charge is 0.413 e. The number of carbonyl (C=O) groups excluding carboxylic acids is 1. The van der Waals surface area contributed by atoms with E-state index in [0.717, 1.165) is 0 Å². The fourth-order valence-corrected chi connectivity index (χ4v) is 2.72. The van der Waals surface area contributed by atoms with Crippen LogP contribution in [-0.2, 0) is 14.3 Å². The molecule has 1 N–H and O–H groups in total. The minimum Gasteiger partial charge on any atom is -0.479 e. The molecule has 132 valence electrons. The lowest BCUT2D eigenvalue weighted by Gasteiger charge is -2.35. The molecule has 0 saturated carbocycles. The van der Waals surface area contributed by atoms with Crippen LogP contribution in [0, 0.1) is 5.82 Å². The van der Waals surface area contributed by atoms with E-state index in [-0.39, 0.29) is 0 Å². The van der Waals surface area contributed by atoms with Gasteiger partial charge < -0.3 is 14.6 Å². The average Bonchev–Trinajstić information content (AvgIpc) is 2.69. The van der Waals surface area contributed by atoms with Crippen LogP contribution in [0.4, 0.5) is 9.18 Å². The lowest BCUT2D eigenvalue weighted by molar-refractivity contribution is -0.155. The van der Waals surface area contributed by atoms with Crippen LogP contribution >= 0.6 is 0 Å². The summed E-state index contributed by atoms with van der Waals surface area (Å²) >= 11 is 0. The third-order valence-corrected chi connectivity index (χ3v) is 3.61. The van der Waals surface area contributed by atoms with Crippen molar-refractivity contribution >= 4 is 12.1 Å². The molecule has 2 rings (SSSR count). The van der Waals surface area contributed by atoms with Gasteiger partial charge in [0, 0.05) is 0 Å². The van der Waals surface area contributed by atoms with Crippen molar-refractivity contribution in [2.45, 2.75) is 58.1 Å². The minimum absolute atomic E-state index is 0.451. The van der Waals surface area contributed by atoms with Crippen molar-refractivity contribution in [2.24, 2.45) is 0 Å². The number of hydrogen-bond acceptors (Lipinski definition) is 4. The lowest BCUT2D eigenvalue weighted by atomic mass is 10.00. The maximum atomic E-state index is 13.2. The number of benzene rings is 1. The van der Waals surface area contributed by atoms with E-state index in [1.165, 1.54) is 29.2 Å². The van der Waals surface area contributed by atoms with Crippen molar-refractivity contribution in [2.75, 3.05) is 0 Å². The normalized spacial score (nSPS) is 23.2. The van der Waals surface area contributed by atoms with Crippen LogP contribution in [0.25, 0.3) is 0 Å². The van der Waals surface area contributed by atoms with Gasteiger partial charge in [0.25, 0.3) is 0 Å². The average molecular weight is 339 g/mol. The molecule has 1 fully saturated rings. The first kappa shape index (κ1) is 18.2. The fraction of sp³-hybridized carbons (Fsp3) is 0.529. The number of carboxylic acid groups (broad SMARTS) is 1. The standard InChI is InChI=1S/C17H22FNO5/c1-16(2,3)24-15(22)19-12(10-6-8-11(18)9-7-10)13(14(20)21)23-17(19,4)5/h6-9,12-13H,1-5H3,(H,20,21)/t12-,13+/m0/s1. The van der Waals surface area contributed by atoms with Gasteiger partial charge in [-0.15, -0.1) is 0 Å². The summed E-state index contributed by atoms with van der Waals surface area (Å²) in [6, 6.07) is 4.39. The van der Waals surface area contributed by atoms with E-state index >= 15 is 0 Å². The summed E-state index contributed by atoms with van der Waals surface area (Å²) in [6.45, 7) is 8.34. The summed E-state index contributed by atoms with van der Waals surface area (Å²) in [4.78, 5) is 25.5. The molecule has 1 heterocycles. The number of carboxylic acids is 1. The van der Waals surface area contributed by atoms with Gasteiger partial charge in [-0.25, -0.2) is 14.0 Å². The molecule has 1 saturated heterocycles. The Balaban J connectivity index is 2.47. The Morgan fingerprint density at radius 3 is 2.25 bits per heavy atom. The zero-order chi connectivity index (χ0) is 18.3. The third kappa shape index (κ3) is 3.67. The number of nitrogens with zero attached hydrogens (tertiary/aromatic N) is 1. The molecule has 0 radical (unpaired) electrons. The highest BCUT2D eigenvalue weighted by Gasteiger charge is 2.54. The number of ether oxygens (including phenoxy) is 2. The molecule has 6 nitrogen and oxygen atoms in total. The number of amides is 1. The SMILES string of the molecule is CC(C)(C)OC(=O)N1[C@@H](c2ccc(F)cc2)[C@H](C(=O)O)OC1(C)C. The van der Waals surface area contributed by atoms with Gasteiger partial charge in [0.2, 0.25) is 0 Å². The van der Waals surface area contributed by atoms with Gasteiger partial charge in [-0.05, 0) is 52.3 Å². The highest BCUT2D eigenvalue weighted by Crippen LogP contribution is 2.42. The van der Waals surface area contributed by atoms with Gasteiger partial charge in [0.05, 0.1) is 0 Å². The summed E-state index contributed by atoms with van der Waals surface area (Å²) in [6.07, 6.45) is -1.97. The third-order valence-electron chi connectivity index (χ3n) is 3.61. The molecule has 0 aromatic heterocycles. The molecule has 1 aromatic carbocycles. The second kappa shape index (κ2) is 6.05. The van der Waals surface area contributed by atoms with E-state index in [1.807, 2.05) is 0 Å². The van der Waals surface area contributed by atoms with Crippen LogP contribution in [0.15, 0.2) is 24.3 Å². The van der Waals surface area contributed by atoms with E-state index in [4.69, 9.17) is 9.47 Å². The summed E-state index contributed by atoms with van der Waals surface area (Å²) in [5.74, 6) is -1.66. The van der Waals surface area contributed by atoms with Crippen LogP contribution < -0.4 is 0 Å². The molecule has 0 bridgehead atoms. The first-order valence-corrected chi connectivity index (χ1v) is 7.61. The van der Waals surface area contributed by atoms with E-state index in [9.17, 15) is 19.1 Å². The van der Waals surface area contributed by atoms with Crippen LogP contribution in [-0.4, -0.2) is 39.5 Å². The van der Waals surface area contributed by atoms with E-state index < -0.39 is 41.4 Å². The molecule has 0 unspecified atom stereocenters. The Morgan fingerprint density at radius 1 is 1.25 bits per heavy atom. The van der Waals surface area contributed by atoms with Crippen molar-refractivity contribution in [3.63, 3.8) is 0 Å². The maximum Gasteiger partial charge on any atom is 0.413 e. The Morgan fingerprint density at radius 2 is 1.79 bits per heavy atom. The van der Waals surface area contributed by atoms with Crippen LogP contribution in [0.5, 0.6) is 0 Å². The maximum absolute atomic E-state index is 13.2. The van der Waals surface area contributed by atoms with Crippen molar-refractivity contribution in [3.05, 3.63) is 35.6 Å². The van der Waals surface area contributed by atoms with Crippen LogP contribution in [0.1, 0.15) is 46.2 Å². The molecule has 1 aliphatic heterocycles. The highest BCUT2D eigenvalue weighted by molar-refractivity contribution is 5.78. The highest BCUT2D eigenvalue weighted by atomic mass is 19.1. The van der Waals surface area contributed by atoms with E-state index in [1.54, 1.807) is 34.6 Å². The summed E-state index contributed by atoms with van der Waals surface area (Å²) in [5, 5.41) is 9.49. The molecule has 1 aromatic rings. The molecular formula is C17H22FNO5. The van der Waals surface area contributed by atoms with Crippen molar-refractivity contribution in [1.82, 2.24) is 4.90 Å². The van der Waals surface area contributed by atoms with Gasteiger partial charge in [0.15, 0.2) is 6.10 Å². The Kier molecular flexibility index (Phi) is 4.59. The number of carbonyl (C=O) groups is 2. The predicted octanol–water partition coefficient (Wildman–Crippen LogP) is 3.32. The number of aliphatic carboxylic acids is 1. The molecule has 1 aliphatic rings. The molecule has 7 heteroatoms. The van der Waals surface area contributed by atoms with Gasteiger partial charge in [-0.3, -0.25) is 4.90 Å². The van der Waals surface area contributed by atoms with Crippen molar-refractivity contribution in [1.29, 1.82) is 0 Å². The fourth-order valence-electron chi connectivity index (χ4n) is 2.72. The Bertz CT molecular complexity index is 635. The molecule has 0 aliphatic carbocycles. The van der Waals surface area contributed by atoms with Gasteiger partial charge in [-0.2, -0.15) is 0 Å². The second-order valence-electron chi connectivity index (χ2n) is 7.17. The van der Waals surface area contributed by atoms with Crippen LogP contribution in [0.3, 0.4) is 0 Å². The number of halogens is 1. The summed E-state index contributed by atoms with van der Waals surface area (Å²) in [5.41, 5.74) is -1.48. The molecule has 1 amide bonds. The molecular weight excluding hydrogens is 317 g/mol. The zero-order valence-corrected chi connectivity index (χ0v) is 14.4. The van der Waals surface area contributed by atoms with Crippen molar-refractivity contribution < 1.29 is 28.6 Å².